The molecule has 1 amide bonds. The summed E-state index contributed by atoms with van der Waals surface area (Å²) < 4.78 is 0. The molecule has 1 atom stereocenters. The third kappa shape index (κ3) is 3.99. The van der Waals surface area contributed by atoms with Gasteiger partial charge in [0, 0.05) is 42.2 Å². The van der Waals surface area contributed by atoms with E-state index in [1.807, 2.05) is 11.8 Å². The molecule has 18 heavy (non-hydrogen) atoms. The number of rotatable bonds is 4. The molecule has 4 nitrogen and oxygen atoms in total. The average molecular weight is 265 g/mol. The van der Waals surface area contributed by atoms with Gasteiger partial charge in [0.2, 0.25) is 5.91 Å². The van der Waals surface area contributed by atoms with E-state index < -0.39 is 0 Å². The number of nitrogens with zero attached hydrogens (tertiary/aromatic N) is 2. The monoisotopic (exact) mass is 265 g/mol. The molecule has 1 aromatic rings. The van der Waals surface area contributed by atoms with Crippen molar-refractivity contribution in [1.29, 1.82) is 0 Å². The second-order valence-electron chi connectivity index (χ2n) is 4.42. The molecule has 1 fully saturated rings. The molecule has 0 spiro atoms. The third-order valence-electron chi connectivity index (χ3n) is 3.01. The molecule has 0 bridgehead atoms. The summed E-state index contributed by atoms with van der Waals surface area (Å²) in [5, 5.41) is 3.57. The van der Waals surface area contributed by atoms with Crippen molar-refractivity contribution in [3.05, 3.63) is 24.5 Å². The number of nitrogens with one attached hydrogen (secondary N) is 1. The van der Waals surface area contributed by atoms with Crippen LogP contribution in [0.25, 0.3) is 0 Å². The maximum absolute atomic E-state index is 11.9. The molecule has 98 valence electrons. The number of aromatic nitrogens is 1. The molecule has 1 unspecified atom stereocenters. The van der Waals surface area contributed by atoms with Gasteiger partial charge in [-0.15, -0.1) is 0 Å². The standard InChI is InChI=1S/C13H19N3OS/c1-2-12-9-16(7-8-18-12)10-13(17)15-11-3-5-14-6-4-11/h3-6,12H,2,7-10H2,1H3,(H,14,15,17). The van der Waals surface area contributed by atoms with Crippen molar-refractivity contribution in [1.82, 2.24) is 9.88 Å². The van der Waals surface area contributed by atoms with E-state index in [0.29, 0.717) is 11.8 Å². The van der Waals surface area contributed by atoms with Gasteiger partial charge < -0.3 is 5.32 Å². The molecule has 2 heterocycles. The predicted molar refractivity (Wildman–Crippen MR) is 75.8 cm³/mol. The van der Waals surface area contributed by atoms with Gasteiger partial charge in [0.15, 0.2) is 0 Å². The summed E-state index contributed by atoms with van der Waals surface area (Å²) in [5.74, 6) is 1.18. The highest BCUT2D eigenvalue weighted by atomic mass is 32.2. The van der Waals surface area contributed by atoms with Crippen molar-refractivity contribution in [3.63, 3.8) is 0 Å². The predicted octanol–water partition coefficient (Wildman–Crippen LogP) is 1.85. The maximum Gasteiger partial charge on any atom is 0.238 e. The van der Waals surface area contributed by atoms with E-state index in [-0.39, 0.29) is 5.91 Å². The Morgan fingerprint density at radius 1 is 1.56 bits per heavy atom. The Morgan fingerprint density at radius 3 is 3.06 bits per heavy atom. The fourth-order valence-corrected chi connectivity index (χ4v) is 3.26. The summed E-state index contributed by atoms with van der Waals surface area (Å²) >= 11 is 2.02. The molecular weight excluding hydrogens is 246 g/mol. The highest BCUT2D eigenvalue weighted by molar-refractivity contribution is 8.00. The molecule has 0 aliphatic carbocycles. The molecule has 0 aromatic carbocycles. The molecule has 0 radical (unpaired) electrons. The first-order valence-corrected chi connectivity index (χ1v) is 7.36. The molecule has 0 saturated carbocycles. The second-order valence-corrected chi connectivity index (χ2v) is 5.83. The zero-order valence-electron chi connectivity index (χ0n) is 10.6. The number of carbonyl (C=O) groups excluding carboxylic acids is 1. The lowest BCUT2D eigenvalue weighted by Crippen LogP contribution is -2.42. The summed E-state index contributed by atoms with van der Waals surface area (Å²) in [4.78, 5) is 18.1. The van der Waals surface area contributed by atoms with E-state index in [9.17, 15) is 4.79 Å². The van der Waals surface area contributed by atoms with Crippen molar-refractivity contribution in [2.75, 3.05) is 30.7 Å². The van der Waals surface area contributed by atoms with Crippen LogP contribution < -0.4 is 5.32 Å². The van der Waals surface area contributed by atoms with E-state index in [1.165, 1.54) is 6.42 Å². The van der Waals surface area contributed by atoms with Gasteiger partial charge in [0.05, 0.1) is 6.54 Å². The molecule has 2 rings (SSSR count). The largest absolute Gasteiger partial charge is 0.325 e. The van der Waals surface area contributed by atoms with Crippen molar-refractivity contribution < 1.29 is 4.79 Å². The average Bonchev–Trinajstić information content (AvgIpc) is 2.40. The molecule has 1 aromatic heterocycles. The first-order valence-electron chi connectivity index (χ1n) is 6.31. The number of hydrogen-bond donors (Lipinski definition) is 1. The van der Waals surface area contributed by atoms with E-state index in [1.54, 1.807) is 24.5 Å². The fraction of sp³-hybridized carbons (Fsp3) is 0.538. The van der Waals surface area contributed by atoms with Gasteiger partial charge in [-0.3, -0.25) is 14.7 Å². The normalized spacial score (nSPS) is 20.6. The van der Waals surface area contributed by atoms with Crippen LogP contribution in [0.2, 0.25) is 0 Å². The Hall–Kier alpha value is -1.07. The number of amides is 1. The van der Waals surface area contributed by atoms with Gasteiger partial charge in [-0.2, -0.15) is 11.8 Å². The SMILES string of the molecule is CCC1CN(CC(=O)Nc2ccncc2)CCS1. The van der Waals surface area contributed by atoms with E-state index in [0.717, 1.165) is 24.5 Å². The van der Waals surface area contributed by atoms with Crippen LogP contribution in [0.1, 0.15) is 13.3 Å². The van der Waals surface area contributed by atoms with E-state index in [2.05, 4.69) is 22.1 Å². The molecule has 1 saturated heterocycles. The first-order chi connectivity index (χ1) is 8.78. The molecule has 1 N–H and O–H groups in total. The lowest BCUT2D eigenvalue weighted by molar-refractivity contribution is -0.117. The number of hydrogen-bond acceptors (Lipinski definition) is 4. The molecule has 1 aliphatic heterocycles. The molecule has 5 heteroatoms. The topological polar surface area (TPSA) is 45.2 Å². The Bertz CT molecular complexity index is 385. The first kappa shape index (κ1) is 13.4. The summed E-state index contributed by atoms with van der Waals surface area (Å²) in [6.07, 6.45) is 4.54. The highest BCUT2D eigenvalue weighted by Crippen LogP contribution is 2.20. The minimum absolute atomic E-state index is 0.0583. The highest BCUT2D eigenvalue weighted by Gasteiger charge is 2.20. The minimum atomic E-state index is 0.0583. The lowest BCUT2D eigenvalue weighted by atomic mass is 10.3. The Labute approximate surface area is 112 Å². The second kappa shape index (κ2) is 6.75. The summed E-state index contributed by atoms with van der Waals surface area (Å²) in [6.45, 7) is 4.72. The van der Waals surface area contributed by atoms with Crippen LogP contribution in [0.4, 0.5) is 5.69 Å². The Morgan fingerprint density at radius 2 is 2.33 bits per heavy atom. The lowest BCUT2D eigenvalue weighted by Gasteiger charge is -2.31. The van der Waals surface area contributed by atoms with Gasteiger partial charge in [0.25, 0.3) is 0 Å². The number of thioether (sulfide) groups is 1. The zero-order valence-corrected chi connectivity index (χ0v) is 11.4. The molecular formula is C13H19N3OS. The molecule has 1 aliphatic rings. The van der Waals surface area contributed by atoms with Gasteiger partial charge in [-0.25, -0.2) is 0 Å². The summed E-state index contributed by atoms with van der Waals surface area (Å²) in [5.41, 5.74) is 0.813. The third-order valence-corrected chi connectivity index (χ3v) is 4.38. The van der Waals surface area contributed by atoms with Gasteiger partial charge in [0.1, 0.15) is 0 Å². The van der Waals surface area contributed by atoms with Crippen LogP contribution >= 0.6 is 11.8 Å². The number of anilines is 1. The van der Waals surface area contributed by atoms with Crippen molar-refractivity contribution in [2.45, 2.75) is 18.6 Å². The smallest absolute Gasteiger partial charge is 0.238 e. The number of carbonyl (C=O) groups is 1. The van der Waals surface area contributed by atoms with Crippen LogP contribution in [0, 0.1) is 0 Å². The number of pyridine rings is 1. The van der Waals surface area contributed by atoms with Crippen molar-refractivity contribution in [2.24, 2.45) is 0 Å². The van der Waals surface area contributed by atoms with Crippen LogP contribution in [0.5, 0.6) is 0 Å². The van der Waals surface area contributed by atoms with Crippen LogP contribution in [-0.2, 0) is 4.79 Å². The Balaban J connectivity index is 1.80. The zero-order chi connectivity index (χ0) is 12.8. The van der Waals surface area contributed by atoms with Crippen LogP contribution in [0.15, 0.2) is 24.5 Å². The van der Waals surface area contributed by atoms with Crippen molar-refractivity contribution >= 4 is 23.4 Å². The van der Waals surface area contributed by atoms with Gasteiger partial charge >= 0.3 is 0 Å². The van der Waals surface area contributed by atoms with Gasteiger partial charge in [-0.1, -0.05) is 6.92 Å². The van der Waals surface area contributed by atoms with Crippen LogP contribution in [0.3, 0.4) is 0 Å². The fourth-order valence-electron chi connectivity index (χ4n) is 2.01. The van der Waals surface area contributed by atoms with Crippen molar-refractivity contribution in [3.8, 4) is 0 Å². The Kier molecular flexibility index (Phi) is 5.01. The van der Waals surface area contributed by atoms with Gasteiger partial charge in [-0.05, 0) is 18.6 Å². The van der Waals surface area contributed by atoms with Crippen LogP contribution in [-0.4, -0.2) is 46.4 Å². The quantitative estimate of drug-likeness (QED) is 0.902. The summed E-state index contributed by atoms with van der Waals surface area (Å²) in [7, 11) is 0. The van der Waals surface area contributed by atoms with E-state index in [4.69, 9.17) is 0 Å². The summed E-state index contributed by atoms with van der Waals surface area (Å²) in [6, 6.07) is 3.61. The van der Waals surface area contributed by atoms with E-state index >= 15 is 0 Å². The minimum Gasteiger partial charge on any atom is -0.325 e. The maximum atomic E-state index is 11.9.